The van der Waals surface area contributed by atoms with Gasteiger partial charge in [-0.15, -0.1) is 0 Å². The predicted molar refractivity (Wildman–Crippen MR) is 122 cm³/mol. The van der Waals surface area contributed by atoms with Gasteiger partial charge in [0.1, 0.15) is 30.2 Å². The Labute approximate surface area is 197 Å². The third-order valence-corrected chi connectivity index (χ3v) is 6.02. The van der Waals surface area contributed by atoms with Gasteiger partial charge in [0.15, 0.2) is 0 Å². The molecule has 0 unspecified atom stereocenters. The summed E-state index contributed by atoms with van der Waals surface area (Å²) in [4.78, 5) is 14.6. The van der Waals surface area contributed by atoms with Gasteiger partial charge in [0.2, 0.25) is 0 Å². The SMILES string of the molecule is Cn1ncc(Br)c1-c1cc(NC(=O)c2ccc(F)cc2F)ccc1OCCN1CC[C@H](F)C1. The molecule has 1 aliphatic rings. The van der Waals surface area contributed by atoms with Crippen molar-refractivity contribution in [3.8, 4) is 17.0 Å². The van der Waals surface area contributed by atoms with Gasteiger partial charge in [0.25, 0.3) is 5.91 Å². The van der Waals surface area contributed by atoms with Crippen LogP contribution in [0.15, 0.2) is 47.1 Å². The van der Waals surface area contributed by atoms with E-state index in [1.165, 1.54) is 0 Å². The molecule has 1 atom stereocenters. The molecule has 3 aromatic rings. The quantitative estimate of drug-likeness (QED) is 0.484. The number of ether oxygens (including phenoxy) is 1. The molecular weight excluding hydrogens is 501 g/mol. The number of halogens is 4. The highest BCUT2D eigenvalue weighted by atomic mass is 79.9. The fourth-order valence-electron chi connectivity index (χ4n) is 3.78. The van der Waals surface area contributed by atoms with Crippen molar-refractivity contribution in [1.29, 1.82) is 0 Å². The zero-order valence-electron chi connectivity index (χ0n) is 17.8. The maximum absolute atomic E-state index is 14.0. The first-order chi connectivity index (χ1) is 15.8. The molecule has 1 fully saturated rings. The van der Waals surface area contributed by atoms with E-state index in [0.29, 0.717) is 55.7 Å². The second-order valence-electron chi connectivity index (χ2n) is 7.79. The van der Waals surface area contributed by atoms with E-state index in [9.17, 15) is 18.0 Å². The number of rotatable bonds is 7. The van der Waals surface area contributed by atoms with Crippen LogP contribution in [0.4, 0.5) is 18.9 Å². The molecule has 2 aromatic carbocycles. The van der Waals surface area contributed by atoms with Gasteiger partial charge >= 0.3 is 0 Å². The number of carbonyl (C=O) groups excluding carboxylic acids is 1. The molecule has 6 nitrogen and oxygen atoms in total. The highest BCUT2D eigenvalue weighted by Gasteiger charge is 2.22. The van der Waals surface area contributed by atoms with E-state index in [4.69, 9.17) is 4.74 Å². The van der Waals surface area contributed by atoms with Crippen molar-refractivity contribution in [1.82, 2.24) is 14.7 Å². The summed E-state index contributed by atoms with van der Waals surface area (Å²) in [5, 5.41) is 6.88. The lowest BCUT2D eigenvalue weighted by atomic mass is 10.1. The Kier molecular flexibility index (Phi) is 7.04. The monoisotopic (exact) mass is 522 g/mol. The zero-order valence-corrected chi connectivity index (χ0v) is 19.4. The summed E-state index contributed by atoms with van der Waals surface area (Å²) in [7, 11) is 1.77. The average molecular weight is 523 g/mol. The molecular formula is C23H22BrF3N4O2. The molecule has 174 valence electrons. The van der Waals surface area contributed by atoms with Crippen LogP contribution in [0.5, 0.6) is 5.75 Å². The van der Waals surface area contributed by atoms with Crippen molar-refractivity contribution in [3.05, 3.63) is 64.3 Å². The minimum Gasteiger partial charge on any atom is -0.492 e. The molecule has 1 aromatic heterocycles. The number of anilines is 1. The topological polar surface area (TPSA) is 59.4 Å². The largest absolute Gasteiger partial charge is 0.492 e. The van der Waals surface area contributed by atoms with Crippen LogP contribution in [-0.2, 0) is 7.05 Å². The van der Waals surface area contributed by atoms with Gasteiger partial charge in [0.05, 0.1) is 21.9 Å². The third kappa shape index (κ3) is 5.39. The van der Waals surface area contributed by atoms with Gasteiger partial charge in [0, 0.05) is 44.0 Å². The molecule has 0 spiro atoms. The average Bonchev–Trinajstić information content (AvgIpc) is 3.33. The summed E-state index contributed by atoms with van der Waals surface area (Å²) in [5.41, 5.74) is 1.51. The minimum atomic E-state index is -0.945. The Morgan fingerprint density at radius 2 is 2.09 bits per heavy atom. The van der Waals surface area contributed by atoms with Crippen molar-refractivity contribution < 1.29 is 22.7 Å². The Morgan fingerprint density at radius 3 is 2.76 bits per heavy atom. The molecule has 0 radical (unpaired) electrons. The van der Waals surface area contributed by atoms with Gasteiger partial charge in [-0.3, -0.25) is 14.4 Å². The maximum atomic E-state index is 14.0. The van der Waals surface area contributed by atoms with Crippen molar-refractivity contribution in [2.75, 3.05) is 31.6 Å². The highest BCUT2D eigenvalue weighted by molar-refractivity contribution is 9.10. The van der Waals surface area contributed by atoms with E-state index in [0.717, 1.165) is 22.3 Å². The molecule has 0 bridgehead atoms. The van der Waals surface area contributed by atoms with Gasteiger partial charge in [-0.1, -0.05) is 0 Å². The molecule has 2 heterocycles. The molecule has 1 N–H and O–H groups in total. The summed E-state index contributed by atoms with van der Waals surface area (Å²) in [6.07, 6.45) is 1.39. The lowest BCUT2D eigenvalue weighted by Gasteiger charge is -2.18. The van der Waals surface area contributed by atoms with E-state index in [1.807, 2.05) is 4.90 Å². The van der Waals surface area contributed by atoms with Crippen LogP contribution in [0.3, 0.4) is 0 Å². The van der Waals surface area contributed by atoms with Crippen LogP contribution in [0, 0.1) is 11.6 Å². The van der Waals surface area contributed by atoms with Crippen LogP contribution >= 0.6 is 15.9 Å². The third-order valence-electron chi connectivity index (χ3n) is 5.44. The normalized spacial score (nSPS) is 16.2. The Morgan fingerprint density at radius 1 is 1.27 bits per heavy atom. The first kappa shape index (κ1) is 23.3. The standard InChI is InChI=1S/C23H22BrF3N4O2/c1-30-22(19(24)12-28-30)18-11-16(29-23(32)17-4-2-14(25)10-20(17)27)3-5-21(18)33-9-8-31-7-6-15(26)13-31/h2-5,10-12,15H,6-9,13H2,1H3,(H,29,32)/t15-/m0/s1. The minimum absolute atomic E-state index is 0.267. The van der Waals surface area contributed by atoms with Crippen molar-refractivity contribution in [2.45, 2.75) is 12.6 Å². The summed E-state index contributed by atoms with van der Waals surface area (Å²) in [5.74, 6) is -1.85. The number of nitrogens with zero attached hydrogens (tertiary/aromatic N) is 3. The first-order valence-electron chi connectivity index (χ1n) is 10.4. The van der Waals surface area contributed by atoms with E-state index >= 15 is 0 Å². The van der Waals surface area contributed by atoms with Gasteiger partial charge < -0.3 is 10.1 Å². The number of likely N-dealkylation sites (tertiary alicyclic amines) is 1. The van der Waals surface area contributed by atoms with Gasteiger partial charge in [-0.2, -0.15) is 5.10 Å². The molecule has 1 saturated heterocycles. The number of alkyl halides is 1. The molecule has 0 aliphatic carbocycles. The molecule has 4 rings (SSSR count). The second-order valence-corrected chi connectivity index (χ2v) is 8.64. The number of carbonyl (C=O) groups is 1. The fraction of sp³-hybridized carbons (Fsp3) is 0.304. The van der Waals surface area contributed by atoms with E-state index in [-0.39, 0.29) is 5.56 Å². The van der Waals surface area contributed by atoms with E-state index in [2.05, 4.69) is 26.3 Å². The highest BCUT2D eigenvalue weighted by Crippen LogP contribution is 2.37. The number of aromatic nitrogens is 2. The Bertz CT molecular complexity index is 1150. The van der Waals surface area contributed by atoms with Gasteiger partial charge in [-0.05, 0) is 52.7 Å². The molecule has 0 saturated carbocycles. The maximum Gasteiger partial charge on any atom is 0.258 e. The van der Waals surface area contributed by atoms with Crippen molar-refractivity contribution in [3.63, 3.8) is 0 Å². The number of benzene rings is 2. The van der Waals surface area contributed by atoms with Crippen LogP contribution in [0.1, 0.15) is 16.8 Å². The fourth-order valence-corrected chi connectivity index (χ4v) is 4.34. The molecule has 1 amide bonds. The van der Waals surface area contributed by atoms with Crippen LogP contribution in [0.25, 0.3) is 11.3 Å². The summed E-state index contributed by atoms with van der Waals surface area (Å²) in [6.45, 7) is 2.07. The summed E-state index contributed by atoms with van der Waals surface area (Å²) < 4.78 is 49.0. The number of aryl methyl sites for hydroxylation is 1. The van der Waals surface area contributed by atoms with Crippen LogP contribution in [0.2, 0.25) is 0 Å². The number of hydrogen-bond donors (Lipinski definition) is 1. The number of nitrogens with one attached hydrogen (secondary N) is 1. The molecule has 10 heteroatoms. The lowest BCUT2D eigenvalue weighted by molar-refractivity contribution is 0.102. The smallest absolute Gasteiger partial charge is 0.258 e. The van der Waals surface area contributed by atoms with Gasteiger partial charge in [-0.25, -0.2) is 13.2 Å². The van der Waals surface area contributed by atoms with E-state index < -0.39 is 23.7 Å². The summed E-state index contributed by atoms with van der Waals surface area (Å²) in [6, 6.07) is 7.82. The van der Waals surface area contributed by atoms with E-state index in [1.54, 1.807) is 36.1 Å². The number of hydrogen-bond acceptors (Lipinski definition) is 4. The van der Waals surface area contributed by atoms with Crippen LogP contribution < -0.4 is 10.1 Å². The van der Waals surface area contributed by atoms with Crippen molar-refractivity contribution >= 4 is 27.5 Å². The number of amides is 1. The molecule has 33 heavy (non-hydrogen) atoms. The summed E-state index contributed by atoms with van der Waals surface area (Å²) >= 11 is 3.48. The lowest BCUT2D eigenvalue weighted by Crippen LogP contribution is -2.26. The Balaban J connectivity index is 1.56. The van der Waals surface area contributed by atoms with Crippen LogP contribution in [-0.4, -0.2) is 53.0 Å². The first-order valence-corrected chi connectivity index (χ1v) is 11.2. The second kappa shape index (κ2) is 9.96. The predicted octanol–water partition coefficient (Wildman–Crippen LogP) is 4.80. The molecule has 1 aliphatic heterocycles. The zero-order chi connectivity index (χ0) is 23.5. The Hall–Kier alpha value is -2.85. The van der Waals surface area contributed by atoms with Crippen molar-refractivity contribution in [2.24, 2.45) is 7.05 Å².